The van der Waals surface area contributed by atoms with Crippen LogP contribution in [0.5, 0.6) is 5.75 Å². The van der Waals surface area contributed by atoms with E-state index in [0.717, 1.165) is 22.1 Å². The summed E-state index contributed by atoms with van der Waals surface area (Å²) in [4.78, 5) is 0. The van der Waals surface area contributed by atoms with Gasteiger partial charge in [0.2, 0.25) is 0 Å². The molecule has 1 N–H and O–H groups in total. The van der Waals surface area contributed by atoms with Gasteiger partial charge in [0.25, 0.3) is 0 Å². The number of fused-ring (bicyclic) bond motifs is 1. The number of hydrogen-bond donors (Lipinski definition) is 1. The van der Waals surface area contributed by atoms with Crippen molar-refractivity contribution in [3.05, 3.63) is 42.0 Å². The molecule has 0 aliphatic heterocycles. The van der Waals surface area contributed by atoms with Crippen molar-refractivity contribution in [3.63, 3.8) is 0 Å². The van der Waals surface area contributed by atoms with E-state index >= 15 is 0 Å². The molecule has 0 aliphatic carbocycles. The van der Waals surface area contributed by atoms with Gasteiger partial charge in [-0.05, 0) is 34.5 Å². The Balaban J connectivity index is 2.03. The van der Waals surface area contributed by atoms with Crippen molar-refractivity contribution >= 4 is 10.8 Å². The van der Waals surface area contributed by atoms with Crippen LogP contribution in [-0.4, -0.2) is 26.0 Å². The van der Waals surface area contributed by atoms with Gasteiger partial charge in [0, 0.05) is 6.54 Å². The van der Waals surface area contributed by atoms with E-state index in [2.05, 4.69) is 5.32 Å². The molecule has 0 fully saturated rings. The molecule has 2 aromatic rings. The van der Waals surface area contributed by atoms with Crippen molar-refractivity contribution in [2.45, 2.75) is 18.9 Å². The van der Waals surface area contributed by atoms with Crippen LogP contribution in [0.25, 0.3) is 10.8 Å². The number of halogens is 4. The first-order valence-electron chi connectivity index (χ1n) is 6.36. The van der Waals surface area contributed by atoms with Gasteiger partial charge in [0.15, 0.2) is 0 Å². The third-order valence-electron chi connectivity index (χ3n) is 3.12. The van der Waals surface area contributed by atoms with E-state index in [1.165, 1.54) is 0 Å². The molecule has 2 nitrogen and oxygen atoms in total. The first kappa shape index (κ1) is 15.6. The maximum absolute atomic E-state index is 12.8. The fourth-order valence-electron chi connectivity index (χ4n) is 1.96. The van der Waals surface area contributed by atoms with E-state index in [4.69, 9.17) is 4.74 Å². The Morgan fingerprint density at radius 2 is 1.76 bits per heavy atom. The van der Waals surface area contributed by atoms with Gasteiger partial charge >= 0.3 is 12.3 Å². The number of benzene rings is 2. The predicted octanol–water partition coefficient (Wildman–Crippen LogP) is 3.84. The van der Waals surface area contributed by atoms with Crippen LogP contribution in [-0.2, 0) is 6.54 Å². The van der Waals surface area contributed by atoms with Crippen molar-refractivity contribution in [3.8, 4) is 5.75 Å². The van der Waals surface area contributed by atoms with Gasteiger partial charge < -0.3 is 10.1 Å². The maximum atomic E-state index is 12.8. The lowest BCUT2D eigenvalue weighted by Gasteiger charge is -2.15. The summed E-state index contributed by atoms with van der Waals surface area (Å²) in [5.41, 5.74) is 0.748. The highest BCUT2D eigenvalue weighted by Crippen LogP contribution is 2.23. The van der Waals surface area contributed by atoms with Crippen molar-refractivity contribution in [2.75, 3.05) is 13.7 Å². The molecule has 0 atom stereocenters. The fraction of sp³-hybridized carbons (Fsp3) is 0.333. The minimum Gasteiger partial charge on any atom is -0.497 e. The van der Waals surface area contributed by atoms with Gasteiger partial charge in [-0.1, -0.05) is 18.2 Å². The average Bonchev–Trinajstić information content (AvgIpc) is 2.46. The molecule has 0 aliphatic rings. The zero-order valence-corrected chi connectivity index (χ0v) is 11.4. The highest BCUT2D eigenvalue weighted by atomic mass is 19.3. The highest BCUT2D eigenvalue weighted by molar-refractivity contribution is 5.84. The molecule has 0 saturated heterocycles. The number of ether oxygens (including phenoxy) is 1. The molecule has 0 saturated carbocycles. The summed E-state index contributed by atoms with van der Waals surface area (Å²) in [5, 5.41) is 4.24. The van der Waals surface area contributed by atoms with E-state index in [0.29, 0.717) is 0 Å². The predicted molar refractivity (Wildman–Crippen MR) is 73.2 cm³/mol. The average molecular weight is 301 g/mol. The molecule has 0 radical (unpaired) electrons. The van der Waals surface area contributed by atoms with Crippen LogP contribution in [0.1, 0.15) is 5.56 Å². The Kier molecular flexibility index (Phi) is 4.67. The monoisotopic (exact) mass is 301 g/mol. The SMILES string of the molecule is COc1ccc2cc(CNCC(F)(F)C(F)F)ccc2c1. The van der Waals surface area contributed by atoms with E-state index in [1.807, 2.05) is 24.3 Å². The summed E-state index contributed by atoms with van der Waals surface area (Å²) < 4.78 is 54.7. The van der Waals surface area contributed by atoms with Gasteiger partial charge in [-0.3, -0.25) is 0 Å². The second-order valence-corrected chi connectivity index (χ2v) is 4.71. The van der Waals surface area contributed by atoms with Crippen LogP contribution in [0.3, 0.4) is 0 Å². The quantitative estimate of drug-likeness (QED) is 0.819. The van der Waals surface area contributed by atoms with E-state index in [1.54, 1.807) is 19.2 Å². The highest BCUT2D eigenvalue weighted by Gasteiger charge is 2.39. The smallest absolute Gasteiger partial charge is 0.319 e. The Morgan fingerprint density at radius 1 is 1.10 bits per heavy atom. The summed E-state index contributed by atoms with van der Waals surface area (Å²) in [7, 11) is 1.57. The fourth-order valence-corrected chi connectivity index (χ4v) is 1.96. The molecule has 2 aromatic carbocycles. The minimum atomic E-state index is -4.01. The summed E-state index contributed by atoms with van der Waals surface area (Å²) in [6, 6.07) is 10.9. The Morgan fingerprint density at radius 3 is 2.43 bits per heavy atom. The van der Waals surface area contributed by atoms with Crippen molar-refractivity contribution < 1.29 is 22.3 Å². The van der Waals surface area contributed by atoms with E-state index in [9.17, 15) is 17.6 Å². The van der Waals surface area contributed by atoms with Crippen LogP contribution in [0, 0.1) is 0 Å². The van der Waals surface area contributed by atoms with E-state index in [-0.39, 0.29) is 6.54 Å². The molecular formula is C15H15F4NO. The molecule has 2 rings (SSSR count). The largest absolute Gasteiger partial charge is 0.497 e. The molecule has 0 unspecified atom stereocenters. The summed E-state index contributed by atoms with van der Waals surface area (Å²) >= 11 is 0. The Labute approximate surface area is 119 Å². The van der Waals surface area contributed by atoms with Crippen molar-refractivity contribution in [2.24, 2.45) is 0 Å². The summed E-state index contributed by atoms with van der Waals surface area (Å²) in [6.45, 7) is -0.949. The number of alkyl halides is 4. The molecule has 0 bridgehead atoms. The first-order valence-corrected chi connectivity index (χ1v) is 6.36. The maximum Gasteiger partial charge on any atom is 0.319 e. The normalized spacial score (nSPS) is 12.1. The Bertz CT molecular complexity index is 616. The molecule has 0 spiro atoms. The molecule has 114 valence electrons. The van der Waals surface area contributed by atoms with Gasteiger partial charge in [-0.2, -0.15) is 8.78 Å². The number of rotatable bonds is 6. The first-order chi connectivity index (χ1) is 9.92. The number of nitrogens with one attached hydrogen (secondary N) is 1. The van der Waals surface area contributed by atoms with Crippen LogP contribution in [0.15, 0.2) is 36.4 Å². The van der Waals surface area contributed by atoms with Gasteiger partial charge in [0.05, 0.1) is 13.7 Å². The van der Waals surface area contributed by atoms with Crippen LogP contribution in [0.2, 0.25) is 0 Å². The number of hydrogen-bond acceptors (Lipinski definition) is 2. The van der Waals surface area contributed by atoms with E-state index < -0.39 is 18.9 Å². The molecule has 0 amide bonds. The van der Waals surface area contributed by atoms with Crippen LogP contribution < -0.4 is 10.1 Å². The van der Waals surface area contributed by atoms with Crippen molar-refractivity contribution in [1.82, 2.24) is 5.32 Å². The van der Waals surface area contributed by atoms with Gasteiger partial charge in [-0.25, -0.2) is 8.78 Å². The lowest BCUT2D eigenvalue weighted by atomic mass is 10.1. The summed E-state index contributed by atoms with van der Waals surface area (Å²) in [5.74, 6) is -3.28. The zero-order chi connectivity index (χ0) is 15.5. The summed E-state index contributed by atoms with van der Waals surface area (Å²) in [6.07, 6.45) is -3.66. The van der Waals surface area contributed by atoms with Crippen LogP contribution >= 0.6 is 0 Å². The van der Waals surface area contributed by atoms with Gasteiger partial charge in [-0.15, -0.1) is 0 Å². The molecule has 21 heavy (non-hydrogen) atoms. The third-order valence-corrected chi connectivity index (χ3v) is 3.12. The Hall–Kier alpha value is -1.82. The second kappa shape index (κ2) is 6.30. The van der Waals surface area contributed by atoms with Crippen molar-refractivity contribution in [1.29, 1.82) is 0 Å². The standard InChI is InChI=1S/C15H15F4NO/c1-21-13-5-4-11-6-10(2-3-12(11)7-13)8-20-9-15(18,19)14(16)17/h2-7,14,20H,8-9H2,1H3. The third kappa shape index (κ3) is 3.85. The minimum absolute atomic E-state index is 0.101. The molecule has 0 aromatic heterocycles. The lowest BCUT2D eigenvalue weighted by molar-refractivity contribution is -0.125. The second-order valence-electron chi connectivity index (χ2n) is 4.71. The van der Waals surface area contributed by atoms with Gasteiger partial charge in [0.1, 0.15) is 5.75 Å². The zero-order valence-electron chi connectivity index (χ0n) is 11.4. The topological polar surface area (TPSA) is 21.3 Å². The van der Waals surface area contributed by atoms with Crippen LogP contribution in [0.4, 0.5) is 17.6 Å². The molecular weight excluding hydrogens is 286 g/mol. The molecule has 0 heterocycles. The lowest BCUT2D eigenvalue weighted by Crippen LogP contribution is -2.38. The molecule has 6 heteroatoms. The number of methoxy groups -OCH3 is 1.